The Balaban J connectivity index is 1.83. The molecular weight excluding hydrogens is 292 g/mol. The molecule has 120 valence electrons. The maximum Gasteiger partial charge on any atom is 0.352 e. The molecule has 5 heteroatoms. The van der Waals surface area contributed by atoms with Gasteiger partial charge in [-0.1, -0.05) is 12.1 Å². The predicted molar refractivity (Wildman–Crippen MR) is 88.7 cm³/mol. The van der Waals surface area contributed by atoms with Crippen molar-refractivity contribution in [2.24, 2.45) is 7.05 Å². The monoisotopic (exact) mass is 312 g/mol. The smallest absolute Gasteiger partial charge is 0.352 e. The number of furan rings is 1. The summed E-state index contributed by atoms with van der Waals surface area (Å²) in [6.45, 7) is 3.26. The van der Waals surface area contributed by atoms with Gasteiger partial charge in [0, 0.05) is 43.0 Å². The van der Waals surface area contributed by atoms with E-state index in [1.165, 1.54) is 0 Å². The van der Waals surface area contributed by atoms with Crippen LogP contribution in [-0.4, -0.2) is 22.2 Å². The molecule has 2 heterocycles. The number of carboxylic acids is 1. The zero-order valence-electron chi connectivity index (χ0n) is 13.3. The van der Waals surface area contributed by atoms with Gasteiger partial charge in [-0.25, -0.2) is 4.79 Å². The number of aryl methyl sites for hydroxylation is 2. The van der Waals surface area contributed by atoms with Crippen LogP contribution in [0.2, 0.25) is 0 Å². The summed E-state index contributed by atoms with van der Waals surface area (Å²) in [4.78, 5) is 11.7. The van der Waals surface area contributed by atoms with Gasteiger partial charge in [0.25, 0.3) is 0 Å². The first-order valence-electron chi connectivity index (χ1n) is 7.62. The highest BCUT2D eigenvalue weighted by Crippen LogP contribution is 2.26. The van der Waals surface area contributed by atoms with E-state index in [2.05, 4.69) is 5.32 Å². The molecule has 0 fully saturated rings. The van der Waals surface area contributed by atoms with Crippen LogP contribution < -0.4 is 5.32 Å². The van der Waals surface area contributed by atoms with Crippen LogP contribution in [-0.2, 0) is 20.0 Å². The van der Waals surface area contributed by atoms with Crippen molar-refractivity contribution in [3.8, 4) is 0 Å². The first-order valence-corrected chi connectivity index (χ1v) is 7.62. The van der Waals surface area contributed by atoms with Crippen molar-refractivity contribution < 1.29 is 14.3 Å². The molecule has 0 aliphatic heterocycles. The van der Waals surface area contributed by atoms with E-state index in [1.54, 1.807) is 17.9 Å². The van der Waals surface area contributed by atoms with Gasteiger partial charge in [-0.2, -0.15) is 0 Å². The molecular formula is C18H20N2O3. The Labute approximate surface area is 134 Å². The summed E-state index contributed by atoms with van der Waals surface area (Å²) in [7, 11) is 1.80. The number of benzene rings is 1. The molecule has 0 atom stereocenters. The number of aromatic nitrogens is 1. The Morgan fingerprint density at radius 2 is 2.17 bits per heavy atom. The van der Waals surface area contributed by atoms with Gasteiger partial charge in [0.2, 0.25) is 0 Å². The molecule has 0 amide bonds. The van der Waals surface area contributed by atoms with Crippen LogP contribution >= 0.6 is 0 Å². The lowest BCUT2D eigenvalue weighted by atomic mass is 10.1. The number of hydrogen-bond acceptors (Lipinski definition) is 3. The van der Waals surface area contributed by atoms with Crippen LogP contribution in [0, 0.1) is 6.92 Å². The lowest BCUT2D eigenvalue weighted by Crippen LogP contribution is -2.18. The molecule has 0 aliphatic carbocycles. The summed E-state index contributed by atoms with van der Waals surface area (Å²) in [5.41, 5.74) is 3.24. The number of aromatic carboxylic acids is 1. The summed E-state index contributed by atoms with van der Waals surface area (Å²) < 4.78 is 7.06. The minimum atomic E-state index is -0.899. The van der Waals surface area contributed by atoms with E-state index in [0.717, 1.165) is 40.8 Å². The molecule has 0 bridgehead atoms. The normalized spacial score (nSPS) is 11.2. The van der Waals surface area contributed by atoms with Gasteiger partial charge in [0.15, 0.2) is 0 Å². The van der Waals surface area contributed by atoms with E-state index < -0.39 is 5.97 Å². The van der Waals surface area contributed by atoms with Gasteiger partial charge in [-0.3, -0.25) is 0 Å². The molecule has 0 saturated heterocycles. The topological polar surface area (TPSA) is 67.4 Å². The van der Waals surface area contributed by atoms with Crippen molar-refractivity contribution >= 4 is 16.9 Å². The van der Waals surface area contributed by atoms with E-state index in [1.807, 2.05) is 37.3 Å². The highest BCUT2D eigenvalue weighted by molar-refractivity contribution is 5.98. The second kappa shape index (κ2) is 6.30. The van der Waals surface area contributed by atoms with Crippen molar-refractivity contribution in [3.63, 3.8) is 0 Å². The minimum Gasteiger partial charge on any atom is -0.477 e. The van der Waals surface area contributed by atoms with Gasteiger partial charge < -0.3 is 19.4 Å². The first-order chi connectivity index (χ1) is 11.1. The van der Waals surface area contributed by atoms with Crippen molar-refractivity contribution in [1.29, 1.82) is 0 Å². The third kappa shape index (κ3) is 3.00. The third-order valence-corrected chi connectivity index (χ3v) is 4.09. The molecule has 23 heavy (non-hydrogen) atoms. The number of nitrogens with zero attached hydrogens (tertiary/aromatic N) is 1. The Morgan fingerprint density at radius 1 is 1.35 bits per heavy atom. The fraction of sp³-hybridized carbons (Fsp3) is 0.278. The molecule has 0 unspecified atom stereocenters. The van der Waals surface area contributed by atoms with Gasteiger partial charge in [0.1, 0.15) is 11.5 Å². The zero-order valence-corrected chi connectivity index (χ0v) is 13.3. The molecule has 0 spiro atoms. The number of carbonyl (C=O) groups is 1. The molecule has 5 nitrogen and oxygen atoms in total. The van der Waals surface area contributed by atoms with E-state index in [0.29, 0.717) is 12.2 Å². The summed E-state index contributed by atoms with van der Waals surface area (Å²) in [5, 5.41) is 13.9. The Morgan fingerprint density at radius 3 is 2.87 bits per heavy atom. The molecule has 1 aromatic carbocycles. The van der Waals surface area contributed by atoms with E-state index in [-0.39, 0.29) is 0 Å². The average molecular weight is 312 g/mol. The Bertz CT molecular complexity index is 832. The van der Waals surface area contributed by atoms with Gasteiger partial charge in [-0.15, -0.1) is 0 Å². The molecule has 0 saturated carbocycles. The van der Waals surface area contributed by atoms with E-state index in [9.17, 15) is 9.90 Å². The first kappa shape index (κ1) is 15.4. The molecule has 2 aromatic heterocycles. The van der Waals surface area contributed by atoms with Crippen molar-refractivity contribution in [1.82, 2.24) is 9.88 Å². The average Bonchev–Trinajstić information content (AvgIpc) is 3.11. The maximum atomic E-state index is 11.7. The number of carboxylic acid groups (broad SMARTS) is 1. The summed E-state index contributed by atoms with van der Waals surface area (Å²) >= 11 is 0. The number of nitrogens with one attached hydrogen (secondary N) is 1. The molecule has 2 N–H and O–H groups in total. The molecule has 3 rings (SSSR count). The molecule has 0 aliphatic rings. The largest absolute Gasteiger partial charge is 0.477 e. The van der Waals surface area contributed by atoms with Gasteiger partial charge in [0.05, 0.1) is 6.26 Å². The quantitative estimate of drug-likeness (QED) is 0.686. The maximum absolute atomic E-state index is 11.7. The summed E-state index contributed by atoms with van der Waals surface area (Å²) in [6.07, 6.45) is 2.43. The number of fused-ring (bicyclic) bond motifs is 1. The summed E-state index contributed by atoms with van der Waals surface area (Å²) in [6, 6.07) is 9.84. The Kier molecular flexibility index (Phi) is 4.21. The van der Waals surface area contributed by atoms with E-state index in [4.69, 9.17) is 4.42 Å². The fourth-order valence-corrected chi connectivity index (χ4v) is 2.96. The van der Waals surface area contributed by atoms with Crippen LogP contribution in [0.15, 0.2) is 41.0 Å². The Hall–Kier alpha value is -2.53. The fourth-order valence-electron chi connectivity index (χ4n) is 2.96. The van der Waals surface area contributed by atoms with Crippen molar-refractivity contribution in [2.75, 3.05) is 6.54 Å². The highest BCUT2D eigenvalue weighted by atomic mass is 16.4. The second-order valence-corrected chi connectivity index (χ2v) is 5.72. The van der Waals surface area contributed by atoms with Crippen LogP contribution in [0.1, 0.15) is 27.4 Å². The number of rotatable bonds is 6. The van der Waals surface area contributed by atoms with Crippen LogP contribution in [0.5, 0.6) is 0 Å². The predicted octanol–water partition coefficient (Wildman–Crippen LogP) is 3.11. The standard InChI is InChI=1S/C18H20N2O3/c1-12-5-6-14-15(11-19-8-7-13-4-3-9-23-13)17(18(21)22)20(2)16(14)10-12/h3-6,9-10,19H,7-8,11H2,1-2H3,(H,21,22). The molecule has 0 radical (unpaired) electrons. The molecule has 3 aromatic rings. The number of hydrogen-bond donors (Lipinski definition) is 2. The minimum absolute atomic E-state index is 0.344. The SMILES string of the molecule is Cc1ccc2c(CNCCc3ccco3)c(C(=O)O)n(C)c2c1. The van der Waals surface area contributed by atoms with Crippen LogP contribution in [0.3, 0.4) is 0 Å². The van der Waals surface area contributed by atoms with Crippen molar-refractivity contribution in [3.05, 3.63) is 59.2 Å². The van der Waals surface area contributed by atoms with Crippen LogP contribution in [0.25, 0.3) is 10.9 Å². The third-order valence-electron chi connectivity index (χ3n) is 4.09. The van der Waals surface area contributed by atoms with E-state index >= 15 is 0 Å². The lowest BCUT2D eigenvalue weighted by molar-refractivity contribution is 0.0685. The van der Waals surface area contributed by atoms with Gasteiger partial charge in [-0.05, 0) is 30.7 Å². The highest BCUT2D eigenvalue weighted by Gasteiger charge is 2.20. The lowest BCUT2D eigenvalue weighted by Gasteiger charge is -2.05. The summed E-state index contributed by atoms with van der Waals surface area (Å²) in [5.74, 6) is 0.0219. The second-order valence-electron chi connectivity index (χ2n) is 5.72. The van der Waals surface area contributed by atoms with Crippen molar-refractivity contribution in [2.45, 2.75) is 19.9 Å². The van der Waals surface area contributed by atoms with Crippen LogP contribution in [0.4, 0.5) is 0 Å². The zero-order chi connectivity index (χ0) is 16.4. The van der Waals surface area contributed by atoms with Gasteiger partial charge >= 0.3 is 5.97 Å².